The van der Waals surface area contributed by atoms with Crippen LogP contribution in [0.5, 0.6) is 0 Å². The molecule has 0 N–H and O–H groups in total. The van der Waals surface area contributed by atoms with E-state index in [0.29, 0.717) is 0 Å². The van der Waals surface area contributed by atoms with Crippen molar-refractivity contribution in [1.82, 2.24) is 0 Å². The van der Waals surface area contributed by atoms with Gasteiger partial charge in [0, 0.05) is 22.6 Å². The molecule has 8 rings (SSSR count). The summed E-state index contributed by atoms with van der Waals surface area (Å²) in [6.07, 6.45) is 10.6. The number of anilines is 5. The zero-order chi connectivity index (χ0) is 54.0. The molecule has 2 nitrogen and oxygen atoms in total. The molecule has 0 aromatic heterocycles. The monoisotopic (exact) mass is 975 g/mol. The molecule has 3 aliphatic carbocycles. The Labute approximate surface area is 445 Å². The summed E-state index contributed by atoms with van der Waals surface area (Å²) in [5.74, 6) is 0. The molecule has 0 unspecified atom stereocenters. The van der Waals surface area contributed by atoms with Crippen LogP contribution in [0, 0.1) is 31.6 Å². The molecule has 0 heterocycles. The van der Waals surface area contributed by atoms with Crippen molar-refractivity contribution in [3.63, 3.8) is 0 Å². The summed E-state index contributed by atoms with van der Waals surface area (Å²) in [6.45, 7) is 58.0. The zero-order valence-corrected chi connectivity index (χ0v) is 49.9. The Morgan fingerprint density at radius 1 is 0.479 bits per heavy atom. The lowest BCUT2D eigenvalue weighted by molar-refractivity contribution is 0.332. The van der Waals surface area contributed by atoms with Crippen LogP contribution < -0.4 is 9.80 Å². The van der Waals surface area contributed by atoms with Gasteiger partial charge in [-0.15, -0.1) is 0 Å². The highest BCUT2D eigenvalue weighted by atomic mass is 15.2. The summed E-state index contributed by atoms with van der Waals surface area (Å²) in [5, 5.41) is 0. The maximum atomic E-state index is 5.18. The third-order valence-corrected chi connectivity index (χ3v) is 18.2. The van der Waals surface area contributed by atoms with Crippen molar-refractivity contribution in [2.45, 2.75) is 217 Å². The van der Waals surface area contributed by atoms with Gasteiger partial charge >= 0.3 is 0 Å². The highest BCUT2D eigenvalue weighted by Gasteiger charge is 2.45. The second-order valence-electron chi connectivity index (χ2n) is 29.0. The van der Waals surface area contributed by atoms with Gasteiger partial charge in [0.15, 0.2) is 0 Å². The molecule has 0 aliphatic heterocycles. The normalized spacial score (nSPS) is 20.4. The summed E-state index contributed by atoms with van der Waals surface area (Å²) < 4.78 is 0. The fraction of sp³-hybridized carbons (Fsp3) is 0.493. The minimum atomic E-state index is -0.184. The standard InChI is InChI=1S/C71H94N2/c1-24-53-56(71(22,23)44-70(53,20)21)38-47(4)72(60-42-57-54(36-45(60)2)66(12,13)32-34-68(57,16)17)62-40-51(65(9,10)11)41-63(48(62)5)73(61-43-58-55(37-46(61)3)67(14,15)33-35-69(58,18)19)59-31-30-50(64(6,7)8)39-52(59)49-28-26-25-27-29-49/h24-31,36-43H,4,32-35,44H2,1-3,5-23H3/b53-24+,56-38?. The Hall–Kier alpha value is -5.08. The summed E-state index contributed by atoms with van der Waals surface area (Å²) in [6, 6.07) is 33.7. The quantitative estimate of drug-likeness (QED) is 0.153. The summed E-state index contributed by atoms with van der Waals surface area (Å²) in [4.78, 5) is 5.24. The first-order valence-electron chi connectivity index (χ1n) is 27.9. The first-order chi connectivity index (χ1) is 33.5. The summed E-state index contributed by atoms with van der Waals surface area (Å²) in [5.41, 5.74) is 24.6. The molecule has 5 aromatic rings. The van der Waals surface area contributed by atoms with Crippen molar-refractivity contribution < 1.29 is 0 Å². The fourth-order valence-corrected chi connectivity index (χ4v) is 13.4. The van der Waals surface area contributed by atoms with Gasteiger partial charge in [0.1, 0.15) is 0 Å². The fourth-order valence-electron chi connectivity index (χ4n) is 13.4. The van der Waals surface area contributed by atoms with Crippen LogP contribution in [0.1, 0.15) is 214 Å². The number of benzene rings is 5. The van der Waals surface area contributed by atoms with Crippen molar-refractivity contribution in [3.05, 3.63) is 171 Å². The number of hydrogen-bond acceptors (Lipinski definition) is 2. The highest BCUT2D eigenvalue weighted by Crippen LogP contribution is 2.58. The van der Waals surface area contributed by atoms with Crippen LogP contribution in [0.2, 0.25) is 0 Å². The van der Waals surface area contributed by atoms with E-state index >= 15 is 0 Å². The van der Waals surface area contributed by atoms with E-state index in [-0.39, 0.29) is 43.3 Å². The van der Waals surface area contributed by atoms with Crippen LogP contribution >= 0.6 is 0 Å². The Morgan fingerprint density at radius 2 is 0.932 bits per heavy atom. The number of fused-ring (bicyclic) bond motifs is 2. The van der Waals surface area contributed by atoms with E-state index in [4.69, 9.17) is 6.58 Å². The first-order valence-corrected chi connectivity index (χ1v) is 27.9. The number of rotatable bonds is 8. The van der Waals surface area contributed by atoms with Gasteiger partial charge in [-0.2, -0.15) is 0 Å². The van der Waals surface area contributed by atoms with Gasteiger partial charge in [-0.25, -0.2) is 0 Å². The smallest absolute Gasteiger partial charge is 0.0540 e. The molecule has 1 fully saturated rings. The largest absolute Gasteiger partial charge is 0.310 e. The number of allylic oxidation sites excluding steroid dienone is 4. The maximum absolute atomic E-state index is 5.18. The molecule has 0 saturated heterocycles. The van der Waals surface area contributed by atoms with Gasteiger partial charge in [0.25, 0.3) is 0 Å². The van der Waals surface area contributed by atoms with Crippen molar-refractivity contribution in [3.8, 4) is 11.1 Å². The molecule has 0 radical (unpaired) electrons. The van der Waals surface area contributed by atoms with Crippen LogP contribution in [-0.4, -0.2) is 0 Å². The molecule has 0 atom stereocenters. The first kappa shape index (κ1) is 54.2. The molecular formula is C71H94N2. The average molecular weight is 976 g/mol. The lowest BCUT2D eigenvalue weighted by Crippen LogP contribution is -2.34. The van der Waals surface area contributed by atoms with Crippen molar-refractivity contribution in [2.75, 3.05) is 9.80 Å². The Kier molecular flexibility index (Phi) is 13.4. The van der Waals surface area contributed by atoms with Crippen molar-refractivity contribution in [1.29, 1.82) is 0 Å². The van der Waals surface area contributed by atoms with Crippen molar-refractivity contribution in [2.24, 2.45) is 10.8 Å². The second kappa shape index (κ2) is 18.1. The van der Waals surface area contributed by atoms with Gasteiger partial charge in [-0.3, -0.25) is 0 Å². The Morgan fingerprint density at radius 3 is 1.42 bits per heavy atom. The number of aryl methyl sites for hydroxylation is 2. The van der Waals surface area contributed by atoms with Gasteiger partial charge < -0.3 is 9.80 Å². The molecule has 3 aliphatic rings. The SMILES string of the molecule is C=C(C=C1/C(=C\C)C(C)(C)CC1(C)C)N(c1cc2c(cc1C)C(C)(C)CCC2(C)C)c1cc(C(C)(C)C)cc(N(c2cc3c(cc2C)C(C)(C)CCC3(C)C)c2ccc(C(C)(C)C)cc2-c2ccccc2)c1C. The van der Waals surface area contributed by atoms with E-state index in [9.17, 15) is 0 Å². The van der Waals surface area contributed by atoms with Crippen LogP contribution in [0.25, 0.3) is 11.1 Å². The molecular weight excluding hydrogens is 881 g/mol. The molecule has 1 saturated carbocycles. The lowest BCUT2D eigenvalue weighted by Gasteiger charge is -2.44. The van der Waals surface area contributed by atoms with Gasteiger partial charge in [-0.05, 0) is 212 Å². The number of nitrogens with zero attached hydrogens (tertiary/aromatic N) is 2. The summed E-state index contributed by atoms with van der Waals surface area (Å²) in [7, 11) is 0. The number of hydrogen-bond donors (Lipinski definition) is 0. The third-order valence-electron chi connectivity index (χ3n) is 18.2. The van der Waals surface area contributed by atoms with Gasteiger partial charge in [-0.1, -0.05) is 186 Å². The van der Waals surface area contributed by atoms with Crippen LogP contribution in [0.3, 0.4) is 0 Å². The Bertz CT molecular complexity index is 3050. The Balaban J connectivity index is 1.53. The molecule has 73 heavy (non-hydrogen) atoms. The summed E-state index contributed by atoms with van der Waals surface area (Å²) >= 11 is 0. The molecule has 2 heteroatoms. The lowest BCUT2D eigenvalue weighted by atomic mass is 9.63. The van der Waals surface area contributed by atoms with Crippen LogP contribution in [0.15, 0.2) is 121 Å². The predicted octanol–water partition coefficient (Wildman–Crippen LogP) is 21.0. The van der Waals surface area contributed by atoms with Crippen LogP contribution in [0.4, 0.5) is 28.4 Å². The molecule has 0 spiro atoms. The molecule has 388 valence electrons. The highest BCUT2D eigenvalue weighted by molar-refractivity contribution is 5.93. The third kappa shape index (κ3) is 9.77. The minimum Gasteiger partial charge on any atom is -0.310 e. The average Bonchev–Trinajstić information content (AvgIpc) is 3.46. The molecule has 0 amide bonds. The maximum Gasteiger partial charge on any atom is 0.0540 e. The van der Waals surface area contributed by atoms with E-state index in [2.05, 4.69) is 259 Å². The second-order valence-corrected chi connectivity index (χ2v) is 29.0. The molecule has 0 bridgehead atoms. The van der Waals surface area contributed by atoms with Gasteiger partial charge in [0.05, 0.1) is 17.1 Å². The topological polar surface area (TPSA) is 6.48 Å². The van der Waals surface area contributed by atoms with Crippen LogP contribution in [-0.2, 0) is 32.5 Å². The van der Waals surface area contributed by atoms with E-state index in [1.54, 1.807) is 0 Å². The van der Waals surface area contributed by atoms with E-state index < -0.39 is 0 Å². The van der Waals surface area contributed by atoms with Gasteiger partial charge in [0.2, 0.25) is 0 Å². The predicted molar refractivity (Wildman–Crippen MR) is 320 cm³/mol. The van der Waals surface area contributed by atoms with Crippen molar-refractivity contribution >= 4 is 28.4 Å². The minimum absolute atomic E-state index is 0.0213. The van der Waals surface area contributed by atoms with E-state index in [1.807, 2.05) is 0 Å². The molecule has 5 aromatic carbocycles. The zero-order valence-electron chi connectivity index (χ0n) is 49.9. The van der Waals surface area contributed by atoms with E-state index in [0.717, 1.165) is 25.0 Å². The van der Waals surface area contributed by atoms with E-state index in [1.165, 1.54) is 114 Å².